The maximum absolute atomic E-state index is 12.6. The molecule has 2 aromatic rings. The van der Waals surface area contributed by atoms with Crippen molar-refractivity contribution in [3.05, 3.63) is 57.6 Å². The first-order valence-electron chi connectivity index (χ1n) is 9.20. The number of hydrogen-bond donors (Lipinski definition) is 1. The van der Waals surface area contributed by atoms with Gasteiger partial charge in [0.15, 0.2) is 0 Å². The van der Waals surface area contributed by atoms with Crippen LogP contribution in [0.3, 0.4) is 0 Å². The Morgan fingerprint density at radius 2 is 1.97 bits per heavy atom. The van der Waals surface area contributed by atoms with Gasteiger partial charge in [0.05, 0.1) is 4.90 Å². The lowest BCUT2D eigenvalue weighted by molar-refractivity contribution is -0.117. The van der Waals surface area contributed by atoms with Crippen molar-refractivity contribution in [2.45, 2.75) is 30.4 Å². The Kier molecular flexibility index (Phi) is 7.51. The van der Waals surface area contributed by atoms with Crippen LogP contribution in [0.15, 0.2) is 41.3 Å². The van der Waals surface area contributed by atoms with Gasteiger partial charge in [-0.2, -0.15) is 11.8 Å². The summed E-state index contributed by atoms with van der Waals surface area (Å²) in [5, 5.41) is 1.20. The largest absolute Gasteiger partial charge is 0.312 e. The van der Waals surface area contributed by atoms with Gasteiger partial charge in [-0.1, -0.05) is 29.3 Å². The van der Waals surface area contributed by atoms with Gasteiger partial charge in [0.2, 0.25) is 15.9 Å². The van der Waals surface area contributed by atoms with Crippen LogP contribution >= 0.6 is 35.0 Å². The third-order valence-electron chi connectivity index (χ3n) is 4.65. The number of rotatable bonds is 8. The molecule has 1 amide bonds. The number of nitrogens with one attached hydrogen (secondary N) is 1. The number of benzene rings is 2. The monoisotopic (exact) mass is 472 g/mol. The fraction of sp³-hybridized carbons (Fsp3) is 0.350. The van der Waals surface area contributed by atoms with E-state index in [4.69, 9.17) is 23.2 Å². The molecule has 9 heteroatoms. The van der Waals surface area contributed by atoms with Crippen LogP contribution in [-0.4, -0.2) is 33.2 Å². The molecule has 1 heterocycles. The first kappa shape index (κ1) is 22.4. The molecule has 1 fully saturated rings. The molecule has 1 aliphatic heterocycles. The summed E-state index contributed by atoms with van der Waals surface area (Å²) in [6, 6.07) is 10.2. The minimum Gasteiger partial charge on any atom is -0.312 e. The van der Waals surface area contributed by atoms with Crippen molar-refractivity contribution in [1.29, 1.82) is 0 Å². The molecule has 0 aromatic heterocycles. The molecule has 1 saturated heterocycles. The Hall–Kier alpha value is -1.25. The number of carbonyl (C=O) groups is 1. The molecular weight excluding hydrogens is 451 g/mol. The van der Waals surface area contributed by atoms with Crippen molar-refractivity contribution >= 4 is 56.6 Å². The molecule has 0 bridgehead atoms. The normalized spacial score (nSPS) is 14.6. The van der Waals surface area contributed by atoms with E-state index in [0.717, 1.165) is 23.2 Å². The third kappa shape index (κ3) is 5.67. The SMILES string of the molecule is Cc1cc(S(=O)(=O)NCCSCc2ccc(Cl)cc2Cl)ccc1N1CCCC1=O. The summed E-state index contributed by atoms with van der Waals surface area (Å²) >= 11 is 13.6. The second kappa shape index (κ2) is 9.71. The fourth-order valence-corrected chi connectivity index (χ4v) is 5.82. The van der Waals surface area contributed by atoms with E-state index in [0.29, 0.717) is 41.1 Å². The number of thioether (sulfide) groups is 1. The number of aryl methyl sites for hydroxylation is 1. The lowest BCUT2D eigenvalue weighted by Crippen LogP contribution is -2.27. The van der Waals surface area contributed by atoms with Gasteiger partial charge in [-0.15, -0.1) is 0 Å². The lowest BCUT2D eigenvalue weighted by Gasteiger charge is -2.19. The average Bonchev–Trinajstić information content (AvgIpc) is 3.08. The van der Waals surface area contributed by atoms with Gasteiger partial charge in [0.25, 0.3) is 0 Å². The van der Waals surface area contributed by atoms with Crippen LogP contribution in [0.25, 0.3) is 0 Å². The Labute approximate surface area is 185 Å². The molecule has 0 aliphatic carbocycles. The van der Waals surface area contributed by atoms with E-state index in [1.165, 1.54) is 0 Å². The highest BCUT2D eigenvalue weighted by Gasteiger charge is 2.24. The van der Waals surface area contributed by atoms with Gasteiger partial charge in [-0.25, -0.2) is 13.1 Å². The minimum atomic E-state index is -3.61. The number of nitrogens with zero attached hydrogens (tertiary/aromatic N) is 1. The quantitative estimate of drug-likeness (QED) is 0.568. The zero-order valence-electron chi connectivity index (χ0n) is 16.0. The minimum absolute atomic E-state index is 0.0830. The second-order valence-electron chi connectivity index (χ2n) is 6.78. The van der Waals surface area contributed by atoms with Crippen LogP contribution in [0.4, 0.5) is 5.69 Å². The number of amides is 1. The summed E-state index contributed by atoms with van der Waals surface area (Å²) in [6.07, 6.45) is 1.37. The molecule has 0 radical (unpaired) electrons. The molecule has 0 atom stereocenters. The van der Waals surface area contributed by atoms with Gasteiger partial charge in [0, 0.05) is 46.7 Å². The molecular formula is C20H22Cl2N2O3S2. The van der Waals surface area contributed by atoms with Crippen LogP contribution < -0.4 is 9.62 Å². The summed E-state index contributed by atoms with van der Waals surface area (Å²) < 4.78 is 27.8. The van der Waals surface area contributed by atoms with Crippen molar-refractivity contribution in [2.75, 3.05) is 23.7 Å². The highest BCUT2D eigenvalue weighted by molar-refractivity contribution is 7.98. The van der Waals surface area contributed by atoms with E-state index < -0.39 is 10.0 Å². The molecule has 156 valence electrons. The van der Waals surface area contributed by atoms with E-state index in [1.54, 1.807) is 47.0 Å². The first-order chi connectivity index (χ1) is 13.8. The van der Waals surface area contributed by atoms with Gasteiger partial charge in [-0.05, 0) is 54.8 Å². The predicted molar refractivity (Wildman–Crippen MR) is 121 cm³/mol. The Balaban J connectivity index is 1.54. The maximum atomic E-state index is 12.6. The third-order valence-corrected chi connectivity index (χ3v) is 7.71. The molecule has 0 spiro atoms. The molecule has 1 aliphatic rings. The highest BCUT2D eigenvalue weighted by atomic mass is 35.5. The van der Waals surface area contributed by atoms with Crippen LogP contribution in [-0.2, 0) is 20.6 Å². The highest BCUT2D eigenvalue weighted by Crippen LogP contribution is 2.27. The second-order valence-corrected chi connectivity index (χ2v) is 10.5. The first-order valence-corrected chi connectivity index (χ1v) is 12.6. The zero-order chi connectivity index (χ0) is 21.0. The number of halogens is 2. The van der Waals surface area contributed by atoms with Crippen molar-refractivity contribution in [2.24, 2.45) is 0 Å². The predicted octanol–water partition coefficient (Wildman–Crippen LogP) is 4.64. The number of hydrogen-bond acceptors (Lipinski definition) is 4. The van der Waals surface area contributed by atoms with Crippen molar-refractivity contribution in [3.8, 4) is 0 Å². The van der Waals surface area contributed by atoms with E-state index >= 15 is 0 Å². The fourth-order valence-electron chi connectivity index (χ4n) is 3.15. The molecule has 29 heavy (non-hydrogen) atoms. The van der Waals surface area contributed by atoms with Crippen molar-refractivity contribution < 1.29 is 13.2 Å². The van der Waals surface area contributed by atoms with Crippen molar-refractivity contribution in [1.82, 2.24) is 4.72 Å². The van der Waals surface area contributed by atoms with Gasteiger partial charge >= 0.3 is 0 Å². The molecule has 2 aromatic carbocycles. The summed E-state index contributed by atoms with van der Waals surface area (Å²) in [6.45, 7) is 2.81. The summed E-state index contributed by atoms with van der Waals surface area (Å²) in [7, 11) is -3.61. The average molecular weight is 473 g/mol. The smallest absolute Gasteiger partial charge is 0.240 e. The number of carbonyl (C=O) groups excluding carboxylic acids is 1. The zero-order valence-corrected chi connectivity index (χ0v) is 19.1. The molecule has 0 unspecified atom stereocenters. The number of sulfonamides is 1. The Morgan fingerprint density at radius 1 is 1.17 bits per heavy atom. The van der Waals surface area contributed by atoms with Gasteiger partial charge < -0.3 is 4.90 Å². The Morgan fingerprint density at radius 3 is 2.62 bits per heavy atom. The summed E-state index contributed by atoms with van der Waals surface area (Å²) in [5.41, 5.74) is 2.52. The van der Waals surface area contributed by atoms with Crippen molar-refractivity contribution in [3.63, 3.8) is 0 Å². The van der Waals surface area contributed by atoms with Gasteiger partial charge in [-0.3, -0.25) is 4.79 Å². The van der Waals surface area contributed by atoms with Crippen LogP contribution in [0.1, 0.15) is 24.0 Å². The maximum Gasteiger partial charge on any atom is 0.240 e. The molecule has 0 saturated carbocycles. The topological polar surface area (TPSA) is 66.5 Å². The summed E-state index contributed by atoms with van der Waals surface area (Å²) in [5.74, 6) is 1.37. The number of anilines is 1. The molecule has 1 N–H and O–H groups in total. The summed E-state index contributed by atoms with van der Waals surface area (Å²) in [4.78, 5) is 13.9. The molecule has 5 nitrogen and oxygen atoms in total. The van der Waals surface area contributed by atoms with E-state index in [1.807, 2.05) is 13.0 Å². The standard InChI is InChI=1S/C20H22Cl2N2O3S2/c1-14-11-17(6-7-19(14)24-9-2-3-20(24)25)29(26,27)23-8-10-28-13-15-4-5-16(21)12-18(15)22/h4-7,11-12,23H,2-3,8-10,13H2,1H3. The molecule has 3 rings (SSSR count). The van der Waals surface area contributed by atoms with Crippen LogP contribution in [0, 0.1) is 6.92 Å². The van der Waals surface area contributed by atoms with Crippen LogP contribution in [0.2, 0.25) is 10.0 Å². The van der Waals surface area contributed by atoms with Crippen LogP contribution in [0.5, 0.6) is 0 Å². The Bertz CT molecular complexity index is 1010. The van der Waals surface area contributed by atoms with Gasteiger partial charge in [0.1, 0.15) is 0 Å². The van der Waals surface area contributed by atoms with E-state index in [2.05, 4.69) is 4.72 Å². The van der Waals surface area contributed by atoms with E-state index in [-0.39, 0.29) is 10.8 Å². The van der Waals surface area contributed by atoms with E-state index in [9.17, 15) is 13.2 Å². The lowest BCUT2D eigenvalue weighted by atomic mass is 10.2.